The topological polar surface area (TPSA) is 32.3 Å². The van der Waals surface area contributed by atoms with Gasteiger partial charge in [0.1, 0.15) is 11.9 Å². The Morgan fingerprint density at radius 3 is 2.57 bits per heavy atom. The number of hydrogen-bond donors (Lipinski definition) is 1. The zero-order chi connectivity index (χ0) is 16.8. The molecule has 0 radical (unpaired) electrons. The number of benzene rings is 2. The molecule has 2 aromatic rings. The molecule has 0 aliphatic rings. The number of nitrogens with one attached hydrogen (secondary N) is 1. The molecule has 2 rings (SSSR count). The fourth-order valence-corrected chi connectivity index (χ4v) is 2.51. The molecular weight excluding hydrogens is 291 g/mol. The minimum atomic E-state index is -0.347. The summed E-state index contributed by atoms with van der Waals surface area (Å²) in [6.45, 7) is 4.32. The van der Waals surface area contributed by atoms with E-state index in [-0.39, 0.29) is 17.8 Å². The number of amides is 1. The van der Waals surface area contributed by atoms with Crippen LogP contribution >= 0.6 is 0 Å². The molecule has 0 bridgehead atoms. The molecule has 0 heterocycles. The van der Waals surface area contributed by atoms with Crippen molar-refractivity contribution in [2.24, 2.45) is 0 Å². The molecule has 1 unspecified atom stereocenters. The van der Waals surface area contributed by atoms with Gasteiger partial charge < -0.3 is 10.2 Å². The van der Waals surface area contributed by atoms with E-state index in [4.69, 9.17) is 0 Å². The Labute approximate surface area is 137 Å². The van der Waals surface area contributed by atoms with Crippen LogP contribution in [0.25, 0.3) is 0 Å². The van der Waals surface area contributed by atoms with Crippen LogP contribution in [0.4, 0.5) is 10.1 Å². The van der Waals surface area contributed by atoms with Gasteiger partial charge in [-0.15, -0.1) is 0 Å². The van der Waals surface area contributed by atoms with Crippen LogP contribution in [-0.4, -0.2) is 23.9 Å². The van der Waals surface area contributed by atoms with Gasteiger partial charge in [0.05, 0.1) is 0 Å². The summed E-state index contributed by atoms with van der Waals surface area (Å²) in [5, 5.41) is 3.23. The minimum Gasteiger partial charge on any atom is -0.374 e. The monoisotopic (exact) mass is 314 g/mol. The molecular formula is C19H23FN2O. The normalized spacial score (nSPS) is 11.8. The van der Waals surface area contributed by atoms with Crippen molar-refractivity contribution in [3.63, 3.8) is 0 Å². The highest BCUT2D eigenvalue weighted by Gasteiger charge is 2.17. The second-order valence-electron chi connectivity index (χ2n) is 5.74. The number of carbonyl (C=O) groups excluding carboxylic acids is 1. The highest BCUT2D eigenvalue weighted by Crippen LogP contribution is 2.14. The number of aryl methyl sites for hydroxylation is 1. The number of nitrogens with zero attached hydrogens (tertiary/aromatic N) is 1. The van der Waals surface area contributed by atoms with Crippen LogP contribution < -0.4 is 5.32 Å². The number of rotatable bonds is 6. The fourth-order valence-electron chi connectivity index (χ4n) is 2.51. The Bertz CT molecular complexity index is 672. The lowest BCUT2D eigenvalue weighted by Gasteiger charge is -2.23. The number of carbonyl (C=O) groups is 1. The minimum absolute atomic E-state index is 0.0313. The maximum absolute atomic E-state index is 13.2. The van der Waals surface area contributed by atoms with Crippen molar-refractivity contribution in [2.45, 2.75) is 32.9 Å². The standard InChI is InChI=1S/C19H23FN2O/c1-4-15-7-6-10-18(12-15)21-14(2)19(23)22(3)13-16-8-5-9-17(20)11-16/h5-12,14,21H,4,13H2,1-3H3. The van der Waals surface area contributed by atoms with Crippen molar-refractivity contribution >= 4 is 11.6 Å². The summed E-state index contributed by atoms with van der Waals surface area (Å²) < 4.78 is 13.2. The zero-order valence-corrected chi connectivity index (χ0v) is 13.8. The number of anilines is 1. The van der Waals surface area contributed by atoms with Crippen LogP contribution in [0.1, 0.15) is 25.0 Å². The molecule has 0 aromatic heterocycles. The van der Waals surface area contributed by atoms with Crippen LogP contribution in [0.5, 0.6) is 0 Å². The summed E-state index contributed by atoms with van der Waals surface area (Å²) in [7, 11) is 1.73. The average molecular weight is 314 g/mol. The Morgan fingerprint density at radius 2 is 1.87 bits per heavy atom. The van der Waals surface area contributed by atoms with Crippen molar-refractivity contribution in [2.75, 3.05) is 12.4 Å². The maximum atomic E-state index is 13.2. The van der Waals surface area contributed by atoms with Gasteiger partial charge in [0.2, 0.25) is 5.91 Å². The van der Waals surface area contributed by atoms with Crippen LogP contribution in [0.15, 0.2) is 48.5 Å². The molecule has 1 N–H and O–H groups in total. The van der Waals surface area contributed by atoms with E-state index in [1.807, 2.05) is 25.1 Å². The number of halogens is 1. The first-order valence-corrected chi connectivity index (χ1v) is 7.84. The zero-order valence-electron chi connectivity index (χ0n) is 13.8. The predicted molar refractivity (Wildman–Crippen MR) is 91.8 cm³/mol. The molecule has 0 spiro atoms. The largest absolute Gasteiger partial charge is 0.374 e. The van der Waals surface area contributed by atoms with E-state index in [0.717, 1.165) is 17.7 Å². The average Bonchev–Trinajstić information content (AvgIpc) is 2.54. The van der Waals surface area contributed by atoms with Gasteiger partial charge in [0, 0.05) is 19.3 Å². The summed E-state index contributed by atoms with van der Waals surface area (Å²) in [5.41, 5.74) is 2.94. The highest BCUT2D eigenvalue weighted by molar-refractivity contribution is 5.84. The van der Waals surface area contributed by atoms with E-state index in [1.54, 1.807) is 18.0 Å². The van der Waals surface area contributed by atoms with Gasteiger partial charge in [-0.2, -0.15) is 0 Å². The molecule has 0 aliphatic heterocycles. The van der Waals surface area contributed by atoms with Crippen molar-refractivity contribution in [1.82, 2.24) is 4.90 Å². The van der Waals surface area contributed by atoms with Crippen LogP contribution in [0.2, 0.25) is 0 Å². The van der Waals surface area contributed by atoms with Gasteiger partial charge in [-0.05, 0) is 48.7 Å². The van der Waals surface area contributed by atoms with E-state index < -0.39 is 0 Å². The molecule has 122 valence electrons. The van der Waals surface area contributed by atoms with Gasteiger partial charge in [-0.25, -0.2) is 4.39 Å². The third-order valence-corrected chi connectivity index (χ3v) is 3.77. The molecule has 0 aliphatic carbocycles. The summed E-state index contributed by atoms with van der Waals surface area (Å²) >= 11 is 0. The van der Waals surface area contributed by atoms with E-state index in [9.17, 15) is 9.18 Å². The molecule has 0 saturated heterocycles. The van der Waals surface area contributed by atoms with Crippen molar-refractivity contribution in [3.05, 3.63) is 65.5 Å². The molecule has 23 heavy (non-hydrogen) atoms. The van der Waals surface area contributed by atoms with Gasteiger partial charge >= 0.3 is 0 Å². The first-order chi connectivity index (χ1) is 11.0. The van der Waals surface area contributed by atoms with Crippen LogP contribution in [-0.2, 0) is 17.8 Å². The molecule has 2 aromatic carbocycles. The Kier molecular flexibility index (Phi) is 5.74. The first-order valence-electron chi connectivity index (χ1n) is 7.84. The van der Waals surface area contributed by atoms with Crippen molar-refractivity contribution < 1.29 is 9.18 Å². The molecule has 0 saturated carbocycles. The Balaban J connectivity index is 1.98. The van der Waals surface area contributed by atoms with E-state index in [0.29, 0.717) is 6.54 Å². The number of hydrogen-bond acceptors (Lipinski definition) is 2. The smallest absolute Gasteiger partial charge is 0.244 e. The SMILES string of the molecule is CCc1cccc(NC(C)C(=O)N(C)Cc2cccc(F)c2)c1. The highest BCUT2D eigenvalue weighted by atomic mass is 19.1. The third-order valence-electron chi connectivity index (χ3n) is 3.77. The lowest BCUT2D eigenvalue weighted by atomic mass is 10.1. The third kappa shape index (κ3) is 4.81. The molecule has 1 atom stereocenters. The summed E-state index contributed by atoms with van der Waals surface area (Å²) in [4.78, 5) is 14.1. The molecule has 0 fully saturated rings. The van der Waals surface area contributed by atoms with Crippen molar-refractivity contribution in [1.29, 1.82) is 0 Å². The van der Waals surface area contributed by atoms with E-state index in [2.05, 4.69) is 24.4 Å². The van der Waals surface area contributed by atoms with Gasteiger partial charge in [-0.1, -0.05) is 31.2 Å². The summed E-state index contributed by atoms with van der Waals surface area (Å²) in [6, 6.07) is 14.0. The lowest BCUT2D eigenvalue weighted by molar-refractivity contribution is -0.130. The second-order valence-corrected chi connectivity index (χ2v) is 5.74. The van der Waals surface area contributed by atoms with Crippen molar-refractivity contribution in [3.8, 4) is 0 Å². The number of likely N-dealkylation sites (N-methyl/N-ethyl adjacent to an activating group) is 1. The molecule has 3 nitrogen and oxygen atoms in total. The Morgan fingerprint density at radius 1 is 1.17 bits per heavy atom. The van der Waals surface area contributed by atoms with Gasteiger partial charge in [0.15, 0.2) is 0 Å². The summed E-state index contributed by atoms with van der Waals surface area (Å²) in [6.07, 6.45) is 0.956. The Hall–Kier alpha value is -2.36. The molecule has 1 amide bonds. The second kappa shape index (κ2) is 7.77. The first kappa shape index (κ1) is 17.0. The van der Waals surface area contributed by atoms with Gasteiger partial charge in [-0.3, -0.25) is 4.79 Å². The van der Waals surface area contributed by atoms with Crippen LogP contribution in [0.3, 0.4) is 0 Å². The summed E-state index contributed by atoms with van der Waals surface area (Å²) in [5.74, 6) is -0.318. The van der Waals surface area contributed by atoms with E-state index >= 15 is 0 Å². The van der Waals surface area contributed by atoms with E-state index in [1.165, 1.54) is 17.7 Å². The maximum Gasteiger partial charge on any atom is 0.244 e. The molecule has 4 heteroatoms. The quantitative estimate of drug-likeness (QED) is 0.878. The fraction of sp³-hybridized carbons (Fsp3) is 0.316. The van der Waals surface area contributed by atoms with Crippen LogP contribution in [0, 0.1) is 5.82 Å². The lowest BCUT2D eigenvalue weighted by Crippen LogP contribution is -2.38. The predicted octanol–water partition coefficient (Wildman–Crippen LogP) is 3.85. The van der Waals surface area contributed by atoms with Gasteiger partial charge in [0.25, 0.3) is 0 Å².